The van der Waals surface area contributed by atoms with Crippen LogP contribution >= 0.6 is 0 Å². The highest BCUT2D eigenvalue weighted by molar-refractivity contribution is 5.34. The van der Waals surface area contributed by atoms with Gasteiger partial charge in [0.15, 0.2) is 0 Å². The van der Waals surface area contributed by atoms with Gasteiger partial charge in [-0.1, -0.05) is 32.2 Å². The molecule has 0 aromatic heterocycles. The van der Waals surface area contributed by atoms with Crippen LogP contribution in [0.5, 0.6) is 0 Å². The molecule has 15 heavy (non-hydrogen) atoms. The van der Waals surface area contributed by atoms with E-state index < -0.39 is 0 Å². The normalized spacial score (nSPS) is 20.1. The SMILES string of the molecule is C=CC1=C(C=C)CN(CC(O)CC)CC1. The zero-order valence-corrected chi connectivity index (χ0v) is 9.58. The average Bonchev–Trinajstić information content (AvgIpc) is 2.28. The fourth-order valence-electron chi connectivity index (χ4n) is 1.87. The van der Waals surface area contributed by atoms with E-state index in [2.05, 4.69) is 18.1 Å². The quantitative estimate of drug-likeness (QED) is 0.746. The van der Waals surface area contributed by atoms with Crippen molar-refractivity contribution in [3.05, 3.63) is 36.5 Å². The first-order valence-corrected chi connectivity index (χ1v) is 5.58. The number of aliphatic hydroxyl groups is 1. The summed E-state index contributed by atoms with van der Waals surface area (Å²) in [6.45, 7) is 12.3. The summed E-state index contributed by atoms with van der Waals surface area (Å²) in [7, 11) is 0. The van der Waals surface area contributed by atoms with Crippen molar-refractivity contribution in [1.82, 2.24) is 4.90 Å². The van der Waals surface area contributed by atoms with Gasteiger partial charge in [-0.2, -0.15) is 0 Å². The highest BCUT2D eigenvalue weighted by Gasteiger charge is 2.17. The van der Waals surface area contributed by atoms with E-state index in [-0.39, 0.29) is 6.10 Å². The lowest BCUT2D eigenvalue weighted by atomic mass is 9.99. The maximum Gasteiger partial charge on any atom is 0.0664 e. The van der Waals surface area contributed by atoms with E-state index >= 15 is 0 Å². The predicted molar refractivity (Wildman–Crippen MR) is 64.8 cm³/mol. The van der Waals surface area contributed by atoms with E-state index in [1.165, 1.54) is 11.1 Å². The highest BCUT2D eigenvalue weighted by atomic mass is 16.3. The lowest BCUT2D eigenvalue weighted by Gasteiger charge is -2.30. The zero-order valence-electron chi connectivity index (χ0n) is 9.58. The molecule has 1 aliphatic heterocycles. The molecule has 1 rings (SSSR count). The molecule has 0 aromatic rings. The Morgan fingerprint density at radius 1 is 1.40 bits per heavy atom. The Morgan fingerprint density at radius 3 is 2.60 bits per heavy atom. The zero-order chi connectivity index (χ0) is 11.3. The number of aliphatic hydroxyl groups excluding tert-OH is 1. The summed E-state index contributed by atoms with van der Waals surface area (Å²) in [5.74, 6) is 0. The van der Waals surface area contributed by atoms with Crippen LogP contribution in [-0.4, -0.2) is 35.7 Å². The van der Waals surface area contributed by atoms with Crippen LogP contribution in [-0.2, 0) is 0 Å². The van der Waals surface area contributed by atoms with Crippen LogP contribution in [0, 0.1) is 0 Å². The summed E-state index contributed by atoms with van der Waals surface area (Å²) in [6, 6.07) is 0. The molecule has 0 bridgehead atoms. The van der Waals surface area contributed by atoms with Gasteiger partial charge in [-0.15, -0.1) is 0 Å². The Bertz CT molecular complexity index is 268. The van der Waals surface area contributed by atoms with Crippen molar-refractivity contribution < 1.29 is 5.11 Å². The molecule has 0 spiro atoms. The topological polar surface area (TPSA) is 23.5 Å². The lowest BCUT2D eigenvalue weighted by molar-refractivity contribution is 0.112. The molecule has 84 valence electrons. The van der Waals surface area contributed by atoms with Crippen molar-refractivity contribution in [3.63, 3.8) is 0 Å². The molecule has 0 radical (unpaired) electrons. The Labute approximate surface area is 92.6 Å². The van der Waals surface area contributed by atoms with E-state index in [0.717, 1.165) is 32.5 Å². The number of hydrogen-bond donors (Lipinski definition) is 1. The third-order valence-corrected chi connectivity index (χ3v) is 2.94. The second kappa shape index (κ2) is 5.89. The first-order valence-electron chi connectivity index (χ1n) is 5.58. The molecule has 1 atom stereocenters. The molecule has 0 aromatic carbocycles. The number of allylic oxidation sites excluding steroid dienone is 1. The van der Waals surface area contributed by atoms with Crippen LogP contribution in [0.2, 0.25) is 0 Å². The summed E-state index contributed by atoms with van der Waals surface area (Å²) < 4.78 is 0. The van der Waals surface area contributed by atoms with Gasteiger partial charge in [0, 0.05) is 19.6 Å². The molecule has 0 amide bonds. The van der Waals surface area contributed by atoms with Gasteiger partial charge in [0.1, 0.15) is 0 Å². The third kappa shape index (κ3) is 3.33. The number of hydrogen-bond acceptors (Lipinski definition) is 2. The third-order valence-electron chi connectivity index (χ3n) is 2.94. The summed E-state index contributed by atoms with van der Waals surface area (Å²) in [5, 5.41) is 9.59. The summed E-state index contributed by atoms with van der Waals surface area (Å²) in [5.41, 5.74) is 2.55. The summed E-state index contributed by atoms with van der Waals surface area (Å²) >= 11 is 0. The molecule has 1 heterocycles. The number of nitrogens with zero attached hydrogens (tertiary/aromatic N) is 1. The Kier molecular flexibility index (Phi) is 4.79. The van der Waals surface area contributed by atoms with Gasteiger partial charge >= 0.3 is 0 Å². The molecule has 1 N–H and O–H groups in total. The molecule has 0 saturated heterocycles. The average molecular weight is 207 g/mol. The molecule has 0 fully saturated rings. The minimum absolute atomic E-state index is 0.207. The lowest BCUT2D eigenvalue weighted by Crippen LogP contribution is -2.37. The maximum absolute atomic E-state index is 9.59. The minimum atomic E-state index is -0.207. The second-order valence-corrected chi connectivity index (χ2v) is 4.01. The van der Waals surface area contributed by atoms with E-state index in [9.17, 15) is 5.11 Å². The molecule has 1 unspecified atom stereocenters. The van der Waals surface area contributed by atoms with Crippen LogP contribution in [0.4, 0.5) is 0 Å². The van der Waals surface area contributed by atoms with Crippen molar-refractivity contribution in [2.75, 3.05) is 19.6 Å². The monoisotopic (exact) mass is 207 g/mol. The smallest absolute Gasteiger partial charge is 0.0664 e. The minimum Gasteiger partial charge on any atom is -0.392 e. The molecule has 0 saturated carbocycles. The molecule has 1 aliphatic rings. The molecular weight excluding hydrogens is 186 g/mol. The van der Waals surface area contributed by atoms with Gasteiger partial charge < -0.3 is 5.11 Å². The van der Waals surface area contributed by atoms with Crippen molar-refractivity contribution in [3.8, 4) is 0 Å². The fraction of sp³-hybridized carbons (Fsp3) is 0.538. The van der Waals surface area contributed by atoms with Gasteiger partial charge in [0.2, 0.25) is 0 Å². The van der Waals surface area contributed by atoms with Crippen molar-refractivity contribution in [2.45, 2.75) is 25.9 Å². The fourth-order valence-corrected chi connectivity index (χ4v) is 1.87. The van der Waals surface area contributed by atoms with Crippen molar-refractivity contribution in [2.24, 2.45) is 0 Å². The Morgan fingerprint density at radius 2 is 2.07 bits per heavy atom. The summed E-state index contributed by atoms with van der Waals surface area (Å²) in [6.07, 6.45) is 5.45. The van der Waals surface area contributed by atoms with Gasteiger partial charge in [-0.3, -0.25) is 4.90 Å². The number of rotatable bonds is 5. The van der Waals surface area contributed by atoms with Crippen LogP contribution in [0.1, 0.15) is 19.8 Å². The molecule has 2 nitrogen and oxygen atoms in total. The van der Waals surface area contributed by atoms with Crippen molar-refractivity contribution >= 4 is 0 Å². The standard InChI is InChI=1S/C13H21NO/c1-4-11-7-8-14(9-12(11)5-2)10-13(15)6-3/h4-5,13,15H,1-2,6-10H2,3H3. The first kappa shape index (κ1) is 12.2. The van der Waals surface area contributed by atoms with Crippen LogP contribution in [0.3, 0.4) is 0 Å². The Balaban J connectivity index is 2.59. The maximum atomic E-state index is 9.59. The summed E-state index contributed by atoms with van der Waals surface area (Å²) in [4.78, 5) is 2.28. The number of β-amino-alcohol motifs (C(OH)–C–C–N with tert-alkyl or cyclic N) is 1. The predicted octanol–water partition coefficient (Wildman–Crippen LogP) is 2.13. The van der Waals surface area contributed by atoms with E-state index in [0.29, 0.717) is 0 Å². The van der Waals surface area contributed by atoms with E-state index in [1.54, 1.807) is 0 Å². The van der Waals surface area contributed by atoms with Crippen LogP contribution < -0.4 is 0 Å². The van der Waals surface area contributed by atoms with E-state index in [4.69, 9.17) is 0 Å². The first-order chi connectivity index (χ1) is 7.21. The Hall–Kier alpha value is -0.860. The molecule has 0 aliphatic carbocycles. The van der Waals surface area contributed by atoms with Gasteiger partial charge in [0.05, 0.1) is 6.10 Å². The molecular formula is C13H21NO. The van der Waals surface area contributed by atoms with E-state index in [1.807, 2.05) is 19.1 Å². The van der Waals surface area contributed by atoms with Crippen LogP contribution in [0.25, 0.3) is 0 Å². The largest absolute Gasteiger partial charge is 0.392 e. The van der Waals surface area contributed by atoms with Crippen molar-refractivity contribution in [1.29, 1.82) is 0 Å². The van der Waals surface area contributed by atoms with Gasteiger partial charge in [0.25, 0.3) is 0 Å². The van der Waals surface area contributed by atoms with Gasteiger partial charge in [-0.25, -0.2) is 0 Å². The molecule has 2 heteroatoms. The highest BCUT2D eigenvalue weighted by Crippen LogP contribution is 2.19. The second-order valence-electron chi connectivity index (χ2n) is 4.01. The van der Waals surface area contributed by atoms with Crippen LogP contribution in [0.15, 0.2) is 36.5 Å². The van der Waals surface area contributed by atoms with Gasteiger partial charge in [-0.05, 0) is 24.0 Å².